The third-order valence-corrected chi connectivity index (χ3v) is 12.8. The number of methoxy groups -OCH3 is 1. The van der Waals surface area contributed by atoms with Gasteiger partial charge in [-0.25, -0.2) is 0 Å². The lowest BCUT2D eigenvalue weighted by Gasteiger charge is -2.38. The second-order valence-electron chi connectivity index (χ2n) is 8.97. The average Bonchev–Trinajstić information content (AvgIpc) is 2.68. The van der Waals surface area contributed by atoms with Crippen LogP contribution >= 0.6 is 11.6 Å². The highest BCUT2D eigenvalue weighted by Crippen LogP contribution is 2.41. The average molecular weight is 445 g/mol. The van der Waals surface area contributed by atoms with Crippen molar-refractivity contribution in [2.24, 2.45) is 0 Å². The van der Waals surface area contributed by atoms with Gasteiger partial charge in [0.1, 0.15) is 8.07 Å². The van der Waals surface area contributed by atoms with Crippen molar-refractivity contribution >= 4 is 25.8 Å². The van der Waals surface area contributed by atoms with E-state index < -0.39 is 8.07 Å². The Morgan fingerprint density at radius 1 is 0.967 bits per heavy atom. The molecule has 0 aliphatic rings. The second kappa shape index (κ2) is 12.5. The highest BCUT2D eigenvalue weighted by atomic mass is 35.5. The number of halogens is 1. The molecule has 0 aromatic heterocycles. The van der Waals surface area contributed by atoms with Gasteiger partial charge in [-0.3, -0.25) is 0 Å². The molecule has 1 rings (SSSR count). The molecule has 0 unspecified atom stereocenters. The van der Waals surface area contributed by atoms with Crippen molar-refractivity contribution in [2.75, 3.05) is 13.7 Å². The summed E-state index contributed by atoms with van der Waals surface area (Å²) in [6.45, 7) is 19.2. The van der Waals surface area contributed by atoms with Gasteiger partial charge in [0.05, 0.1) is 6.61 Å². The highest BCUT2D eigenvalue weighted by Gasteiger charge is 2.41. The standard InChI is InChI=1S/C27H41ClOSi/c1-10-24(16-17-30(20(3)4,21(5)6)22(7)8)27(11-2)25(19-29-9)18-23-12-14-26(28)15-13-23/h12-15,18,20-22H,10-11,19H2,1-9H3/b25-18+,27-24-. The third-order valence-electron chi connectivity index (χ3n) is 6.27. The summed E-state index contributed by atoms with van der Waals surface area (Å²) in [5.41, 5.74) is 10.7. The highest BCUT2D eigenvalue weighted by molar-refractivity contribution is 6.90. The molecule has 1 nitrogen and oxygen atoms in total. The first-order chi connectivity index (χ1) is 14.1. The molecule has 0 N–H and O–H groups in total. The van der Waals surface area contributed by atoms with Crippen LogP contribution in [0.15, 0.2) is 41.0 Å². The molecule has 1 aromatic rings. The van der Waals surface area contributed by atoms with Crippen LogP contribution in [0.2, 0.25) is 21.6 Å². The van der Waals surface area contributed by atoms with Crippen LogP contribution < -0.4 is 0 Å². The van der Waals surface area contributed by atoms with E-state index in [-0.39, 0.29) is 0 Å². The molecule has 0 fully saturated rings. The van der Waals surface area contributed by atoms with E-state index in [1.54, 1.807) is 7.11 Å². The summed E-state index contributed by atoms with van der Waals surface area (Å²) in [6, 6.07) is 7.97. The Kier molecular flexibility index (Phi) is 11.2. The summed E-state index contributed by atoms with van der Waals surface area (Å²) in [5.74, 6) is 3.71. The lowest BCUT2D eigenvalue weighted by molar-refractivity contribution is 0.227. The van der Waals surface area contributed by atoms with Gasteiger partial charge in [-0.1, -0.05) is 85.0 Å². The summed E-state index contributed by atoms with van der Waals surface area (Å²) in [7, 11) is -0.00117. The smallest absolute Gasteiger partial charge is 0.146 e. The van der Waals surface area contributed by atoms with Crippen molar-refractivity contribution < 1.29 is 4.74 Å². The van der Waals surface area contributed by atoms with E-state index in [0.29, 0.717) is 23.2 Å². The van der Waals surface area contributed by atoms with Crippen molar-refractivity contribution in [3.05, 3.63) is 51.6 Å². The number of hydrogen-bond donors (Lipinski definition) is 0. The van der Waals surface area contributed by atoms with E-state index in [1.807, 2.05) is 12.1 Å². The van der Waals surface area contributed by atoms with Crippen LogP contribution in [0.5, 0.6) is 0 Å². The van der Waals surface area contributed by atoms with Gasteiger partial charge in [0.2, 0.25) is 0 Å². The molecule has 0 bridgehead atoms. The predicted molar refractivity (Wildman–Crippen MR) is 138 cm³/mol. The molecule has 0 heterocycles. The molecular weight excluding hydrogens is 404 g/mol. The van der Waals surface area contributed by atoms with E-state index >= 15 is 0 Å². The predicted octanol–water partition coefficient (Wildman–Crippen LogP) is 8.71. The van der Waals surface area contributed by atoms with Gasteiger partial charge >= 0.3 is 0 Å². The maximum atomic E-state index is 6.06. The summed E-state index contributed by atoms with van der Waals surface area (Å²) in [5, 5.41) is 0.754. The molecule has 0 saturated carbocycles. The first-order valence-corrected chi connectivity index (χ1v) is 13.9. The minimum Gasteiger partial charge on any atom is -0.380 e. The molecule has 30 heavy (non-hydrogen) atoms. The molecule has 0 saturated heterocycles. The maximum absolute atomic E-state index is 6.06. The number of ether oxygens (including phenoxy) is 1. The van der Waals surface area contributed by atoms with Crippen LogP contribution in [0.3, 0.4) is 0 Å². The first kappa shape index (κ1) is 26.8. The molecule has 0 amide bonds. The molecular formula is C27H41ClOSi. The monoisotopic (exact) mass is 444 g/mol. The fraction of sp³-hybridized carbons (Fsp3) is 0.556. The molecule has 0 aliphatic carbocycles. The Bertz CT molecular complexity index is 767. The zero-order valence-electron chi connectivity index (χ0n) is 20.5. The van der Waals surface area contributed by atoms with Gasteiger partial charge in [0.15, 0.2) is 0 Å². The molecule has 1 aromatic carbocycles. The van der Waals surface area contributed by atoms with Gasteiger partial charge in [-0.2, -0.15) is 0 Å². The van der Waals surface area contributed by atoms with Gasteiger partial charge in [0, 0.05) is 17.7 Å². The Balaban J connectivity index is 3.60. The fourth-order valence-electron chi connectivity index (χ4n) is 4.76. The summed E-state index contributed by atoms with van der Waals surface area (Å²) in [4.78, 5) is 0. The zero-order valence-corrected chi connectivity index (χ0v) is 22.3. The van der Waals surface area contributed by atoms with Gasteiger partial charge in [0.25, 0.3) is 0 Å². The van der Waals surface area contributed by atoms with Crippen LogP contribution in [0.1, 0.15) is 73.8 Å². The van der Waals surface area contributed by atoms with E-state index in [4.69, 9.17) is 16.3 Å². The summed E-state index contributed by atoms with van der Waals surface area (Å²) < 4.78 is 5.57. The number of benzene rings is 1. The lowest BCUT2D eigenvalue weighted by atomic mass is 9.95. The van der Waals surface area contributed by atoms with Crippen LogP contribution in [0.25, 0.3) is 6.08 Å². The Hall–Kier alpha value is -1.27. The van der Waals surface area contributed by atoms with Crippen LogP contribution in [-0.4, -0.2) is 21.8 Å². The SMILES string of the molecule is CC/C(C#C[Si](C(C)C)(C(C)C)C(C)C)=C(CC)/C(=C/c1ccc(Cl)cc1)COC. The van der Waals surface area contributed by atoms with Crippen molar-refractivity contribution in [3.8, 4) is 11.5 Å². The molecule has 0 aliphatic heterocycles. The van der Waals surface area contributed by atoms with Crippen molar-refractivity contribution in [1.29, 1.82) is 0 Å². The molecule has 0 spiro atoms. The molecule has 166 valence electrons. The number of hydrogen-bond acceptors (Lipinski definition) is 1. The molecule has 3 heteroatoms. The number of rotatable bonds is 9. The second-order valence-corrected chi connectivity index (χ2v) is 15.0. The summed E-state index contributed by atoms with van der Waals surface area (Å²) in [6.07, 6.45) is 4.10. The zero-order chi connectivity index (χ0) is 22.9. The van der Waals surface area contributed by atoms with Gasteiger partial charge < -0.3 is 4.74 Å². The maximum Gasteiger partial charge on any atom is 0.146 e. The quantitative estimate of drug-likeness (QED) is 0.210. The molecule has 0 atom stereocenters. The molecule has 0 radical (unpaired) electrons. The third kappa shape index (κ3) is 6.61. The number of allylic oxidation sites excluding steroid dienone is 1. The van der Waals surface area contributed by atoms with E-state index in [0.717, 1.165) is 23.4 Å². The van der Waals surface area contributed by atoms with E-state index in [1.165, 1.54) is 16.7 Å². The topological polar surface area (TPSA) is 9.23 Å². The van der Waals surface area contributed by atoms with Crippen LogP contribution in [0, 0.1) is 11.5 Å². The largest absolute Gasteiger partial charge is 0.380 e. The fourth-order valence-corrected chi connectivity index (χ4v) is 10.1. The Morgan fingerprint density at radius 2 is 1.50 bits per heavy atom. The van der Waals surface area contributed by atoms with Crippen molar-refractivity contribution in [3.63, 3.8) is 0 Å². The van der Waals surface area contributed by atoms with Gasteiger partial charge in [-0.15, -0.1) is 5.54 Å². The Labute approximate surface area is 192 Å². The van der Waals surface area contributed by atoms with E-state index in [2.05, 4.69) is 85.1 Å². The van der Waals surface area contributed by atoms with Crippen molar-refractivity contribution in [1.82, 2.24) is 0 Å². The minimum absolute atomic E-state index is 0.581. The Morgan fingerprint density at radius 3 is 1.90 bits per heavy atom. The van der Waals surface area contributed by atoms with Crippen molar-refractivity contribution in [2.45, 2.75) is 84.9 Å². The minimum atomic E-state index is -1.76. The van der Waals surface area contributed by atoms with Gasteiger partial charge in [-0.05, 0) is 64.4 Å². The normalized spacial score (nSPS) is 13.6. The lowest BCUT2D eigenvalue weighted by Crippen LogP contribution is -2.43. The van der Waals surface area contributed by atoms with Crippen LogP contribution in [0.4, 0.5) is 0 Å². The van der Waals surface area contributed by atoms with E-state index in [9.17, 15) is 0 Å². The first-order valence-electron chi connectivity index (χ1n) is 11.3. The van der Waals surface area contributed by atoms with Crippen LogP contribution in [-0.2, 0) is 4.74 Å². The summed E-state index contributed by atoms with van der Waals surface area (Å²) >= 11 is 6.06.